The van der Waals surface area contributed by atoms with E-state index in [1.165, 1.54) is 0 Å². The number of amides is 1. The van der Waals surface area contributed by atoms with Crippen molar-refractivity contribution in [3.05, 3.63) is 0 Å². The molecule has 0 aromatic carbocycles. The molecule has 0 bridgehead atoms. The first-order valence-corrected chi connectivity index (χ1v) is 4.12. The number of carbonyl (C=O) groups is 1. The number of rotatable bonds is 5. The van der Waals surface area contributed by atoms with Gasteiger partial charge in [0.25, 0.3) is 0 Å². The van der Waals surface area contributed by atoms with E-state index in [9.17, 15) is 4.79 Å². The topological polar surface area (TPSA) is 41.1 Å². The van der Waals surface area contributed by atoms with E-state index in [0.717, 1.165) is 13.0 Å². The number of hydrogen-bond donors (Lipinski definition) is 2. The Balaban J connectivity index is 3.20. The molecule has 0 aliphatic carbocycles. The summed E-state index contributed by atoms with van der Waals surface area (Å²) in [6, 6.07) is 0. The SMILES string of the molecule is CCC(C)CNCC(=O)NC. The van der Waals surface area contributed by atoms with Gasteiger partial charge in [0.15, 0.2) is 0 Å². The van der Waals surface area contributed by atoms with Gasteiger partial charge in [0.05, 0.1) is 6.54 Å². The maximum atomic E-state index is 10.7. The quantitative estimate of drug-likeness (QED) is 0.607. The molecule has 0 rings (SSSR count). The van der Waals surface area contributed by atoms with Crippen LogP contribution < -0.4 is 10.6 Å². The van der Waals surface area contributed by atoms with E-state index in [1.54, 1.807) is 7.05 Å². The van der Waals surface area contributed by atoms with Crippen LogP contribution in [0.5, 0.6) is 0 Å². The summed E-state index contributed by atoms with van der Waals surface area (Å²) >= 11 is 0. The van der Waals surface area contributed by atoms with E-state index in [4.69, 9.17) is 0 Å². The highest BCUT2D eigenvalue weighted by Crippen LogP contribution is 1.96. The average Bonchev–Trinajstić information content (AvgIpc) is 2.04. The third kappa shape index (κ3) is 5.85. The maximum absolute atomic E-state index is 10.7. The minimum Gasteiger partial charge on any atom is -0.358 e. The summed E-state index contributed by atoms with van der Waals surface area (Å²) in [5, 5.41) is 5.63. The molecular formula is C8H18N2O. The molecule has 0 saturated carbocycles. The minimum atomic E-state index is 0.0494. The zero-order valence-electron chi connectivity index (χ0n) is 7.61. The van der Waals surface area contributed by atoms with Crippen molar-refractivity contribution in [3.8, 4) is 0 Å². The fourth-order valence-electron chi connectivity index (χ4n) is 0.665. The highest BCUT2D eigenvalue weighted by Gasteiger charge is 1.99. The molecular weight excluding hydrogens is 140 g/mol. The van der Waals surface area contributed by atoms with Crippen molar-refractivity contribution in [1.82, 2.24) is 10.6 Å². The van der Waals surface area contributed by atoms with Gasteiger partial charge in [-0.2, -0.15) is 0 Å². The third-order valence-corrected chi connectivity index (χ3v) is 1.75. The highest BCUT2D eigenvalue weighted by atomic mass is 16.1. The van der Waals surface area contributed by atoms with Gasteiger partial charge in [0, 0.05) is 7.05 Å². The van der Waals surface area contributed by atoms with Crippen molar-refractivity contribution in [3.63, 3.8) is 0 Å². The second-order valence-corrected chi connectivity index (χ2v) is 2.82. The Labute approximate surface area is 68.6 Å². The second kappa shape index (κ2) is 6.16. The molecule has 1 amide bonds. The van der Waals surface area contributed by atoms with Crippen LogP contribution in [-0.2, 0) is 4.79 Å². The molecule has 2 N–H and O–H groups in total. The molecule has 1 atom stereocenters. The van der Waals surface area contributed by atoms with Gasteiger partial charge in [-0.15, -0.1) is 0 Å². The lowest BCUT2D eigenvalue weighted by atomic mass is 10.1. The average molecular weight is 158 g/mol. The summed E-state index contributed by atoms with van der Waals surface area (Å²) < 4.78 is 0. The molecule has 0 spiro atoms. The Morgan fingerprint density at radius 2 is 2.18 bits per heavy atom. The first-order valence-electron chi connectivity index (χ1n) is 4.12. The first-order chi connectivity index (χ1) is 5.20. The zero-order valence-corrected chi connectivity index (χ0v) is 7.61. The summed E-state index contributed by atoms with van der Waals surface area (Å²) in [5.41, 5.74) is 0. The Bertz CT molecular complexity index is 115. The summed E-state index contributed by atoms with van der Waals surface area (Å²) in [6.07, 6.45) is 1.15. The summed E-state index contributed by atoms with van der Waals surface area (Å²) in [4.78, 5) is 10.7. The maximum Gasteiger partial charge on any atom is 0.233 e. The number of carbonyl (C=O) groups excluding carboxylic acids is 1. The molecule has 0 aromatic rings. The first kappa shape index (κ1) is 10.4. The summed E-state index contributed by atoms with van der Waals surface area (Å²) in [5.74, 6) is 0.702. The summed E-state index contributed by atoms with van der Waals surface area (Å²) in [6.45, 7) is 5.66. The van der Waals surface area contributed by atoms with E-state index in [2.05, 4.69) is 24.5 Å². The van der Waals surface area contributed by atoms with Crippen LogP contribution >= 0.6 is 0 Å². The highest BCUT2D eigenvalue weighted by molar-refractivity contribution is 5.77. The normalized spacial score (nSPS) is 12.6. The van der Waals surface area contributed by atoms with E-state index >= 15 is 0 Å². The molecule has 0 saturated heterocycles. The number of nitrogens with one attached hydrogen (secondary N) is 2. The Hall–Kier alpha value is -0.570. The van der Waals surface area contributed by atoms with Gasteiger partial charge in [-0.25, -0.2) is 0 Å². The Morgan fingerprint density at radius 1 is 1.55 bits per heavy atom. The van der Waals surface area contributed by atoms with Gasteiger partial charge in [0.1, 0.15) is 0 Å². The summed E-state index contributed by atoms with van der Waals surface area (Å²) in [7, 11) is 1.65. The van der Waals surface area contributed by atoms with Gasteiger partial charge in [-0.1, -0.05) is 20.3 Å². The zero-order chi connectivity index (χ0) is 8.69. The van der Waals surface area contributed by atoms with E-state index < -0.39 is 0 Å². The van der Waals surface area contributed by atoms with Crippen LogP contribution in [-0.4, -0.2) is 26.0 Å². The van der Waals surface area contributed by atoms with E-state index in [1.807, 2.05) is 0 Å². The fraction of sp³-hybridized carbons (Fsp3) is 0.875. The molecule has 1 unspecified atom stereocenters. The van der Waals surface area contributed by atoms with Crippen LogP contribution in [0.15, 0.2) is 0 Å². The molecule has 0 fully saturated rings. The predicted molar refractivity (Wildman–Crippen MR) is 46.4 cm³/mol. The molecule has 0 aliphatic heterocycles. The van der Waals surface area contributed by atoms with Crippen LogP contribution in [0.2, 0.25) is 0 Å². The molecule has 0 radical (unpaired) electrons. The molecule has 0 aliphatic rings. The van der Waals surface area contributed by atoms with Crippen LogP contribution in [0.1, 0.15) is 20.3 Å². The minimum absolute atomic E-state index is 0.0494. The molecule has 66 valence electrons. The number of likely N-dealkylation sites (N-methyl/N-ethyl adjacent to an activating group) is 1. The molecule has 11 heavy (non-hydrogen) atoms. The van der Waals surface area contributed by atoms with Gasteiger partial charge >= 0.3 is 0 Å². The van der Waals surface area contributed by atoms with Crippen LogP contribution in [0, 0.1) is 5.92 Å². The largest absolute Gasteiger partial charge is 0.358 e. The monoisotopic (exact) mass is 158 g/mol. The lowest BCUT2D eigenvalue weighted by Gasteiger charge is -2.08. The van der Waals surface area contributed by atoms with Crippen molar-refractivity contribution >= 4 is 5.91 Å². The van der Waals surface area contributed by atoms with Crippen LogP contribution in [0.3, 0.4) is 0 Å². The Kier molecular flexibility index (Phi) is 5.84. The van der Waals surface area contributed by atoms with Crippen molar-refractivity contribution < 1.29 is 4.79 Å². The third-order valence-electron chi connectivity index (χ3n) is 1.75. The van der Waals surface area contributed by atoms with Gasteiger partial charge in [-0.05, 0) is 12.5 Å². The van der Waals surface area contributed by atoms with E-state index in [0.29, 0.717) is 12.5 Å². The molecule has 3 nitrogen and oxygen atoms in total. The second-order valence-electron chi connectivity index (χ2n) is 2.82. The van der Waals surface area contributed by atoms with Gasteiger partial charge in [-0.3, -0.25) is 4.79 Å². The van der Waals surface area contributed by atoms with Crippen LogP contribution in [0.25, 0.3) is 0 Å². The van der Waals surface area contributed by atoms with E-state index in [-0.39, 0.29) is 5.91 Å². The van der Waals surface area contributed by atoms with Crippen molar-refractivity contribution in [2.45, 2.75) is 20.3 Å². The fourth-order valence-corrected chi connectivity index (χ4v) is 0.665. The van der Waals surface area contributed by atoms with Gasteiger partial charge in [0.2, 0.25) is 5.91 Å². The van der Waals surface area contributed by atoms with Crippen molar-refractivity contribution in [2.75, 3.05) is 20.1 Å². The van der Waals surface area contributed by atoms with Crippen LogP contribution in [0.4, 0.5) is 0 Å². The van der Waals surface area contributed by atoms with Crippen molar-refractivity contribution in [2.24, 2.45) is 5.92 Å². The molecule has 0 heterocycles. The Morgan fingerprint density at radius 3 is 2.64 bits per heavy atom. The molecule has 0 aromatic heterocycles. The number of hydrogen-bond acceptors (Lipinski definition) is 2. The lowest BCUT2D eigenvalue weighted by Crippen LogP contribution is -2.33. The van der Waals surface area contributed by atoms with Crippen molar-refractivity contribution in [1.29, 1.82) is 0 Å². The standard InChI is InChI=1S/C8H18N2O/c1-4-7(2)5-10-6-8(11)9-3/h7,10H,4-6H2,1-3H3,(H,9,11). The van der Waals surface area contributed by atoms with Gasteiger partial charge < -0.3 is 10.6 Å². The smallest absolute Gasteiger partial charge is 0.233 e. The molecule has 3 heteroatoms. The lowest BCUT2D eigenvalue weighted by molar-refractivity contribution is -0.119. The predicted octanol–water partition coefficient (Wildman–Crippen LogP) is 0.368.